The van der Waals surface area contributed by atoms with Crippen LogP contribution in [0.2, 0.25) is 0 Å². The summed E-state index contributed by atoms with van der Waals surface area (Å²) in [6.07, 6.45) is 1.79. The molecule has 0 bridgehead atoms. The quantitative estimate of drug-likeness (QED) is 0.543. The number of aliphatic hydroxyl groups excluding tert-OH is 1. The van der Waals surface area contributed by atoms with E-state index in [0.717, 1.165) is 12.8 Å². The van der Waals surface area contributed by atoms with Gasteiger partial charge in [0.25, 0.3) is 0 Å². The Labute approximate surface area is 62.8 Å². The second-order valence-electron chi connectivity index (χ2n) is 3.49. The molecule has 10 heavy (non-hydrogen) atoms. The van der Waals surface area contributed by atoms with Gasteiger partial charge in [-0.05, 0) is 33.7 Å². The van der Waals surface area contributed by atoms with Crippen LogP contribution in [0.5, 0.6) is 0 Å². The van der Waals surface area contributed by atoms with E-state index in [4.69, 9.17) is 0 Å². The third-order valence-electron chi connectivity index (χ3n) is 2.62. The van der Waals surface area contributed by atoms with Crippen molar-refractivity contribution in [3.63, 3.8) is 0 Å². The number of piperidine rings is 1. The molecule has 0 saturated carbocycles. The lowest BCUT2D eigenvalue weighted by Gasteiger charge is -2.38. The van der Waals surface area contributed by atoms with E-state index in [0.29, 0.717) is 12.1 Å². The Bertz CT molecular complexity index is 104. The van der Waals surface area contributed by atoms with E-state index in [-0.39, 0.29) is 6.10 Å². The molecule has 60 valence electrons. The van der Waals surface area contributed by atoms with Gasteiger partial charge in [0, 0.05) is 12.1 Å². The monoisotopic (exact) mass is 143 g/mol. The van der Waals surface area contributed by atoms with Crippen LogP contribution in [0, 0.1) is 0 Å². The van der Waals surface area contributed by atoms with Crippen molar-refractivity contribution in [2.75, 3.05) is 7.05 Å². The van der Waals surface area contributed by atoms with E-state index in [1.54, 1.807) is 0 Å². The van der Waals surface area contributed by atoms with Gasteiger partial charge in [-0.15, -0.1) is 0 Å². The van der Waals surface area contributed by atoms with Crippen LogP contribution in [0.3, 0.4) is 0 Å². The van der Waals surface area contributed by atoms with E-state index in [2.05, 4.69) is 25.8 Å². The third kappa shape index (κ3) is 1.50. The summed E-state index contributed by atoms with van der Waals surface area (Å²) in [5.41, 5.74) is 0. The van der Waals surface area contributed by atoms with E-state index < -0.39 is 0 Å². The summed E-state index contributed by atoms with van der Waals surface area (Å²) in [5.74, 6) is 0. The summed E-state index contributed by atoms with van der Waals surface area (Å²) in [6, 6.07) is 1.08. The van der Waals surface area contributed by atoms with Crippen LogP contribution in [-0.4, -0.2) is 35.2 Å². The smallest absolute Gasteiger partial charge is 0.0569 e. The van der Waals surface area contributed by atoms with Crippen molar-refractivity contribution < 1.29 is 5.11 Å². The topological polar surface area (TPSA) is 23.5 Å². The van der Waals surface area contributed by atoms with Crippen LogP contribution in [-0.2, 0) is 0 Å². The molecule has 0 amide bonds. The van der Waals surface area contributed by atoms with Crippen LogP contribution < -0.4 is 0 Å². The summed E-state index contributed by atoms with van der Waals surface area (Å²) in [7, 11) is 2.13. The van der Waals surface area contributed by atoms with Gasteiger partial charge in [-0.2, -0.15) is 0 Å². The average Bonchev–Trinajstić information content (AvgIpc) is 1.82. The van der Waals surface area contributed by atoms with Crippen molar-refractivity contribution in [1.29, 1.82) is 0 Å². The molecule has 1 N–H and O–H groups in total. The minimum absolute atomic E-state index is 0.0683. The van der Waals surface area contributed by atoms with Gasteiger partial charge in [-0.1, -0.05) is 0 Å². The number of hydrogen-bond acceptors (Lipinski definition) is 2. The van der Waals surface area contributed by atoms with Crippen molar-refractivity contribution >= 4 is 0 Å². The number of hydrogen-bond donors (Lipinski definition) is 1. The van der Waals surface area contributed by atoms with E-state index in [9.17, 15) is 5.11 Å². The Hall–Kier alpha value is -0.0800. The molecule has 0 aliphatic carbocycles. The van der Waals surface area contributed by atoms with Crippen LogP contribution >= 0.6 is 0 Å². The first-order valence-corrected chi connectivity index (χ1v) is 4.01. The van der Waals surface area contributed by atoms with Crippen molar-refractivity contribution in [2.24, 2.45) is 0 Å². The Morgan fingerprint density at radius 2 is 1.60 bits per heavy atom. The molecule has 2 heteroatoms. The molecule has 3 atom stereocenters. The summed E-state index contributed by atoms with van der Waals surface area (Å²) < 4.78 is 0. The normalized spacial score (nSPS) is 43.8. The van der Waals surface area contributed by atoms with E-state index >= 15 is 0 Å². The average molecular weight is 143 g/mol. The fraction of sp³-hybridized carbons (Fsp3) is 1.00. The van der Waals surface area contributed by atoms with Gasteiger partial charge in [0.15, 0.2) is 0 Å². The Balaban J connectivity index is 2.49. The van der Waals surface area contributed by atoms with Crippen molar-refractivity contribution in [3.8, 4) is 0 Å². The molecule has 1 aliphatic rings. The van der Waals surface area contributed by atoms with Crippen LogP contribution in [0.25, 0.3) is 0 Å². The molecule has 0 aromatic carbocycles. The highest BCUT2D eigenvalue weighted by molar-refractivity contribution is 4.81. The zero-order valence-electron chi connectivity index (χ0n) is 7.04. The minimum Gasteiger partial charge on any atom is -0.393 e. The van der Waals surface area contributed by atoms with E-state index in [1.807, 2.05) is 0 Å². The maximum Gasteiger partial charge on any atom is 0.0569 e. The largest absolute Gasteiger partial charge is 0.393 e. The second kappa shape index (κ2) is 2.89. The highest BCUT2D eigenvalue weighted by Crippen LogP contribution is 2.20. The molecule has 1 saturated heterocycles. The summed E-state index contributed by atoms with van der Waals surface area (Å²) in [6.45, 7) is 4.33. The molecule has 1 rings (SSSR count). The highest BCUT2D eigenvalue weighted by Gasteiger charge is 2.26. The van der Waals surface area contributed by atoms with Gasteiger partial charge >= 0.3 is 0 Å². The highest BCUT2D eigenvalue weighted by atomic mass is 16.3. The summed E-state index contributed by atoms with van der Waals surface area (Å²) in [4.78, 5) is 2.33. The number of nitrogens with zero attached hydrogens (tertiary/aromatic N) is 1. The lowest BCUT2D eigenvalue weighted by atomic mass is 9.96. The van der Waals surface area contributed by atoms with Gasteiger partial charge in [0.1, 0.15) is 0 Å². The Morgan fingerprint density at radius 1 is 1.20 bits per heavy atom. The van der Waals surface area contributed by atoms with Gasteiger partial charge in [-0.3, -0.25) is 0 Å². The molecular formula is C8H17NO. The number of likely N-dealkylation sites (tertiary alicyclic amines) is 1. The molecule has 2 nitrogen and oxygen atoms in total. The van der Waals surface area contributed by atoms with Crippen molar-refractivity contribution in [3.05, 3.63) is 0 Å². The van der Waals surface area contributed by atoms with Gasteiger partial charge in [0.2, 0.25) is 0 Å². The maximum absolute atomic E-state index is 9.34. The van der Waals surface area contributed by atoms with Gasteiger partial charge < -0.3 is 10.0 Å². The molecule has 1 fully saturated rings. The van der Waals surface area contributed by atoms with Crippen LogP contribution in [0.4, 0.5) is 0 Å². The fourth-order valence-electron chi connectivity index (χ4n) is 1.65. The van der Waals surface area contributed by atoms with Gasteiger partial charge in [0.05, 0.1) is 6.10 Å². The molecule has 0 radical (unpaired) electrons. The Morgan fingerprint density at radius 3 is 2.00 bits per heavy atom. The minimum atomic E-state index is -0.0683. The predicted octanol–water partition coefficient (Wildman–Crippen LogP) is 0.850. The number of rotatable bonds is 0. The van der Waals surface area contributed by atoms with Crippen molar-refractivity contribution in [1.82, 2.24) is 4.90 Å². The molecule has 0 unspecified atom stereocenters. The lowest BCUT2D eigenvalue weighted by Crippen LogP contribution is -2.45. The Kier molecular flexibility index (Phi) is 2.32. The van der Waals surface area contributed by atoms with Crippen LogP contribution in [0.1, 0.15) is 26.7 Å². The molecular weight excluding hydrogens is 126 g/mol. The zero-order chi connectivity index (χ0) is 7.72. The van der Waals surface area contributed by atoms with Crippen molar-refractivity contribution in [2.45, 2.75) is 44.9 Å². The molecule has 0 aromatic rings. The SMILES string of the molecule is C[C@@H]1C[C@H](O)C[C@H](C)N1C. The maximum atomic E-state index is 9.34. The zero-order valence-corrected chi connectivity index (χ0v) is 7.04. The molecule has 0 spiro atoms. The standard InChI is InChI=1S/C8H17NO/c1-6-4-8(10)5-7(2)9(6)3/h6-8,10H,4-5H2,1-3H3/t6-,7+,8+. The van der Waals surface area contributed by atoms with Gasteiger partial charge in [-0.25, -0.2) is 0 Å². The van der Waals surface area contributed by atoms with E-state index in [1.165, 1.54) is 0 Å². The second-order valence-corrected chi connectivity index (χ2v) is 3.49. The van der Waals surface area contributed by atoms with Crippen LogP contribution in [0.15, 0.2) is 0 Å². The molecule has 1 heterocycles. The fourth-order valence-corrected chi connectivity index (χ4v) is 1.65. The third-order valence-corrected chi connectivity index (χ3v) is 2.62. The predicted molar refractivity (Wildman–Crippen MR) is 41.9 cm³/mol. The molecule has 0 aromatic heterocycles. The lowest BCUT2D eigenvalue weighted by molar-refractivity contribution is 0.0290. The summed E-state index contributed by atoms with van der Waals surface area (Å²) in [5, 5.41) is 9.34. The number of aliphatic hydroxyl groups is 1. The first-order chi connectivity index (χ1) is 4.61. The molecule has 1 aliphatic heterocycles. The summed E-state index contributed by atoms with van der Waals surface area (Å²) >= 11 is 0. The first-order valence-electron chi connectivity index (χ1n) is 4.01. The first kappa shape index (κ1) is 8.02.